The molecule has 2 heterocycles. The first-order valence-electron chi connectivity index (χ1n) is 10.8. The zero-order valence-corrected chi connectivity index (χ0v) is 19.5. The third kappa shape index (κ3) is 5.65. The summed E-state index contributed by atoms with van der Waals surface area (Å²) in [5, 5.41) is 10.5. The first kappa shape index (κ1) is 23.3. The lowest BCUT2D eigenvalue weighted by atomic mass is 9.96. The smallest absolute Gasteiger partial charge is 0.161 e. The van der Waals surface area contributed by atoms with Gasteiger partial charge in [-0.25, -0.2) is 0 Å². The third-order valence-corrected chi connectivity index (χ3v) is 6.54. The van der Waals surface area contributed by atoms with E-state index in [4.69, 9.17) is 14.2 Å². The second-order valence-electron chi connectivity index (χ2n) is 9.72. The molecule has 2 fully saturated rings. The first-order chi connectivity index (χ1) is 14.1. The van der Waals surface area contributed by atoms with Gasteiger partial charge in [0.2, 0.25) is 0 Å². The topological polar surface area (TPSA) is 57.6 Å². The average Bonchev–Trinajstić information content (AvgIpc) is 2.68. The minimum atomic E-state index is -0.540. The van der Waals surface area contributed by atoms with E-state index in [1.54, 1.807) is 14.2 Å². The number of aliphatic hydroxyl groups is 1. The van der Waals surface area contributed by atoms with Crippen LogP contribution >= 0.6 is 0 Å². The molecular weight excluding hydrogens is 382 g/mol. The van der Waals surface area contributed by atoms with Crippen LogP contribution in [0.1, 0.15) is 26.3 Å². The van der Waals surface area contributed by atoms with Crippen molar-refractivity contribution in [1.29, 1.82) is 0 Å². The maximum atomic E-state index is 10.5. The van der Waals surface area contributed by atoms with Gasteiger partial charge in [-0.15, -0.1) is 0 Å². The van der Waals surface area contributed by atoms with Gasteiger partial charge in [-0.3, -0.25) is 14.7 Å². The van der Waals surface area contributed by atoms with Crippen molar-refractivity contribution in [2.45, 2.75) is 44.6 Å². The molecule has 0 spiro atoms. The summed E-state index contributed by atoms with van der Waals surface area (Å²) < 4.78 is 17.0. The van der Waals surface area contributed by atoms with Gasteiger partial charge >= 0.3 is 0 Å². The van der Waals surface area contributed by atoms with E-state index >= 15 is 0 Å². The molecule has 0 radical (unpaired) electrons. The van der Waals surface area contributed by atoms with Crippen LogP contribution in [0.25, 0.3) is 0 Å². The molecule has 0 aromatic heterocycles. The zero-order valence-electron chi connectivity index (χ0n) is 19.5. The minimum absolute atomic E-state index is 0.0255. The Labute approximate surface area is 181 Å². The number of benzene rings is 1. The molecule has 0 amide bonds. The highest BCUT2D eigenvalue weighted by Gasteiger charge is 2.38. The number of nitrogens with zero attached hydrogens (tertiary/aromatic N) is 3. The van der Waals surface area contributed by atoms with Crippen molar-refractivity contribution in [1.82, 2.24) is 14.7 Å². The average molecular weight is 422 g/mol. The lowest BCUT2D eigenvalue weighted by molar-refractivity contribution is -0.114. The van der Waals surface area contributed by atoms with Crippen molar-refractivity contribution < 1.29 is 19.3 Å². The van der Waals surface area contributed by atoms with E-state index in [0.29, 0.717) is 18.0 Å². The van der Waals surface area contributed by atoms with Crippen molar-refractivity contribution in [3.05, 3.63) is 23.8 Å². The SMILES string of the molecule is COc1cc(CN2CC(C)(OC)C2)ccc1OCC(O)CN1CCN(C)C(C)(C)C1. The van der Waals surface area contributed by atoms with E-state index in [2.05, 4.69) is 48.6 Å². The Bertz CT molecular complexity index is 706. The molecule has 3 rings (SSSR count). The van der Waals surface area contributed by atoms with Crippen molar-refractivity contribution in [2.75, 3.05) is 67.1 Å². The van der Waals surface area contributed by atoms with E-state index in [1.165, 1.54) is 5.56 Å². The molecule has 170 valence electrons. The van der Waals surface area contributed by atoms with Gasteiger partial charge in [0.1, 0.15) is 12.7 Å². The molecule has 1 aromatic carbocycles. The Kier molecular flexibility index (Phi) is 7.30. The molecular formula is C23H39N3O4. The molecule has 1 aromatic rings. The molecule has 2 saturated heterocycles. The molecule has 2 aliphatic heterocycles. The van der Waals surface area contributed by atoms with Crippen LogP contribution in [0.2, 0.25) is 0 Å². The summed E-state index contributed by atoms with van der Waals surface area (Å²) in [7, 11) is 5.58. The van der Waals surface area contributed by atoms with Crippen molar-refractivity contribution in [3.8, 4) is 11.5 Å². The number of piperazine rings is 1. The first-order valence-corrected chi connectivity index (χ1v) is 10.8. The number of hydrogen-bond donors (Lipinski definition) is 1. The van der Waals surface area contributed by atoms with Crippen LogP contribution in [0.4, 0.5) is 0 Å². The number of likely N-dealkylation sites (N-methyl/N-ethyl adjacent to an activating group) is 1. The highest BCUT2D eigenvalue weighted by molar-refractivity contribution is 5.43. The number of ether oxygens (including phenoxy) is 3. The summed E-state index contributed by atoms with van der Waals surface area (Å²) in [6, 6.07) is 6.03. The van der Waals surface area contributed by atoms with Gasteiger partial charge in [0.05, 0.1) is 12.7 Å². The number of methoxy groups -OCH3 is 2. The predicted octanol–water partition coefficient (Wildman–Crippen LogP) is 1.68. The Morgan fingerprint density at radius 3 is 2.40 bits per heavy atom. The number of likely N-dealkylation sites (tertiary alicyclic amines) is 1. The largest absolute Gasteiger partial charge is 0.493 e. The summed E-state index contributed by atoms with van der Waals surface area (Å²) in [5.74, 6) is 1.37. The van der Waals surface area contributed by atoms with E-state index in [-0.39, 0.29) is 17.7 Å². The monoisotopic (exact) mass is 421 g/mol. The van der Waals surface area contributed by atoms with E-state index in [1.807, 2.05) is 12.1 Å². The number of hydrogen-bond acceptors (Lipinski definition) is 7. The Morgan fingerprint density at radius 2 is 1.77 bits per heavy atom. The second-order valence-corrected chi connectivity index (χ2v) is 9.72. The summed E-state index contributed by atoms with van der Waals surface area (Å²) in [6.07, 6.45) is -0.540. The zero-order chi connectivity index (χ0) is 21.9. The molecule has 7 nitrogen and oxygen atoms in total. The van der Waals surface area contributed by atoms with Crippen LogP contribution in [0.5, 0.6) is 11.5 Å². The third-order valence-electron chi connectivity index (χ3n) is 6.54. The maximum absolute atomic E-state index is 10.5. The van der Waals surface area contributed by atoms with E-state index in [9.17, 15) is 5.11 Å². The Hall–Kier alpha value is -1.38. The molecule has 1 atom stereocenters. The number of aliphatic hydroxyl groups excluding tert-OH is 1. The lowest BCUT2D eigenvalue weighted by Crippen LogP contribution is -2.60. The highest BCUT2D eigenvalue weighted by atomic mass is 16.5. The number of β-amino-alcohol motifs (C(OH)–C–C–N with tert-alkyl or cyclic N) is 1. The van der Waals surface area contributed by atoms with Crippen LogP contribution in [0.3, 0.4) is 0 Å². The summed E-state index contributed by atoms with van der Waals surface area (Å²) in [5.41, 5.74) is 1.27. The normalized spacial score (nSPS) is 23.0. The van der Waals surface area contributed by atoms with Crippen LogP contribution < -0.4 is 9.47 Å². The minimum Gasteiger partial charge on any atom is -0.493 e. The summed E-state index contributed by atoms with van der Waals surface area (Å²) in [4.78, 5) is 7.03. The van der Waals surface area contributed by atoms with Crippen LogP contribution in [-0.2, 0) is 11.3 Å². The van der Waals surface area contributed by atoms with Crippen LogP contribution in [0, 0.1) is 0 Å². The van der Waals surface area contributed by atoms with Crippen molar-refractivity contribution >= 4 is 0 Å². The van der Waals surface area contributed by atoms with Gasteiger partial charge in [0, 0.05) is 58.5 Å². The molecule has 0 saturated carbocycles. The van der Waals surface area contributed by atoms with E-state index in [0.717, 1.165) is 39.3 Å². The number of rotatable bonds is 9. The van der Waals surface area contributed by atoms with Crippen molar-refractivity contribution in [2.24, 2.45) is 0 Å². The fraction of sp³-hybridized carbons (Fsp3) is 0.739. The highest BCUT2D eigenvalue weighted by Crippen LogP contribution is 2.31. The van der Waals surface area contributed by atoms with Crippen LogP contribution in [-0.4, -0.2) is 104 Å². The molecule has 1 N–H and O–H groups in total. The molecule has 30 heavy (non-hydrogen) atoms. The predicted molar refractivity (Wildman–Crippen MR) is 118 cm³/mol. The van der Waals surface area contributed by atoms with Gasteiger partial charge < -0.3 is 19.3 Å². The van der Waals surface area contributed by atoms with Crippen molar-refractivity contribution in [3.63, 3.8) is 0 Å². The van der Waals surface area contributed by atoms with Gasteiger partial charge in [-0.1, -0.05) is 6.07 Å². The summed E-state index contributed by atoms with van der Waals surface area (Å²) >= 11 is 0. The van der Waals surface area contributed by atoms with Crippen LogP contribution in [0.15, 0.2) is 18.2 Å². The van der Waals surface area contributed by atoms with Gasteiger partial charge in [0.15, 0.2) is 11.5 Å². The Morgan fingerprint density at radius 1 is 1.03 bits per heavy atom. The standard InChI is InChI=1S/C23H39N3O4/c1-22(2)15-25(10-9-24(22)4)13-19(27)14-30-20-8-7-18(11-21(20)28-5)12-26-16-23(3,17-26)29-6/h7-8,11,19,27H,9-10,12-17H2,1-6H3. The van der Waals surface area contributed by atoms with Gasteiger partial charge in [-0.2, -0.15) is 0 Å². The molecule has 7 heteroatoms. The quantitative estimate of drug-likeness (QED) is 0.651. The second kappa shape index (κ2) is 9.40. The fourth-order valence-electron chi connectivity index (χ4n) is 4.36. The molecule has 0 aliphatic carbocycles. The maximum Gasteiger partial charge on any atom is 0.161 e. The van der Waals surface area contributed by atoms with E-state index < -0.39 is 6.10 Å². The molecule has 2 aliphatic rings. The molecule has 0 bridgehead atoms. The Balaban J connectivity index is 1.49. The van der Waals surface area contributed by atoms with Gasteiger partial charge in [-0.05, 0) is 45.5 Å². The molecule has 1 unspecified atom stereocenters. The van der Waals surface area contributed by atoms with Gasteiger partial charge in [0.25, 0.3) is 0 Å². The fourth-order valence-corrected chi connectivity index (χ4v) is 4.36. The lowest BCUT2D eigenvalue weighted by Gasteiger charge is -2.47. The summed E-state index contributed by atoms with van der Waals surface area (Å²) in [6.45, 7) is 13.1.